The molecule has 0 unspecified atom stereocenters. The highest BCUT2D eigenvalue weighted by atomic mass is 16.4. The maximum absolute atomic E-state index is 12.0. The van der Waals surface area contributed by atoms with E-state index in [9.17, 15) is 9.59 Å². The van der Waals surface area contributed by atoms with Crippen molar-refractivity contribution in [2.24, 2.45) is 11.3 Å². The molecule has 0 aromatic rings. The Hall–Kier alpha value is -1.06. The molecule has 1 aliphatic carbocycles. The van der Waals surface area contributed by atoms with Gasteiger partial charge in [0, 0.05) is 6.04 Å². The smallest absolute Gasteiger partial charge is 0.304 e. The number of carbonyl (C=O) groups excluding carboxylic acids is 1. The third-order valence-corrected chi connectivity index (χ3v) is 3.56. The zero-order valence-electron chi connectivity index (χ0n) is 11.0. The van der Waals surface area contributed by atoms with E-state index in [1.807, 2.05) is 0 Å². The van der Waals surface area contributed by atoms with Gasteiger partial charge in [-0.25, -0.2) is 0 Å². The van der Waals surface area contributed by atoms with E-state index in [-0.39, 0.29) is 18.4 Å². The molecule has 1 fully saturated rings. The Morgan fingerprint density at radius 2 is 1.76 bits per heavy atom. The minimum absolute atomic E-state index is 0.123. The molecule has 0 atom stereocenters. The molecule has 1 saturated carbocycles. The number of hydrogen-bond acceptors (Lipinski definition) is 2. The normalized spacial score (nSPS) is 25.4. The Kier molecular flexibility index (Phi) is 4.54. The van der Waals surface area contributed by atoms with Crippen LogP contribution < -0.4 is 5.32 Å². The molecular weight excluding hydrogens is 218 g/mol. The Morgan fingerprint density at radius 1 is 1.24 bits per heavy atom. The standard InChI is InChI=1S/C13H23NO3/c1-9-4-6-10(7-5-9)14-12(17)13(2,3)8-11(15)16/h9-10H,4-8H2,1-3H3,(H,14,17)(H,15,16). The van der Waals surface area contributed by atoms with Gasteiger partial charge in [0.05, 0.1) is 11.8 Å². The molecule has 2 N–H and O–H groups in total. The Labute approximate surface area is 103 Å². The number of aliphatic carboxylic acids is 1. The minimum atomic E-state index is -0.928. The summed E-state index contributed by atoms with van der Waals surface area (Å²) in [5, 5.41) is 11.7. The van der Waals surface area contributed by atoms with Gasteiger partial charge >= 0.3 is 5.97 Å². The fourth-order valence-corrected chi connectivity index (χ4v) is 2.24. The van der Waals surface area contributed by atoms with Crippen LogP contribution in [0.3, 0.4) is 0 Å². The molecule has 0 aromatic carbocycles. The van der Waals surface area contributed by atoms with Crippen LogP contribution in [0.4, 0.5) is 0 Å². The lowest BCUT2D eigenvalue weighted by atomic mass is 9.84. The molecule has 4 nitrogen and oxygen atoms in total. The Balaban J connectivity index is 2.45. The van der Waals surface area contributed by atoms with Crippen LogP contribution in [0, 0.1) is 11.3 Å². The highest BCUT2D eigenvalue weighted by molar-refractivity contribution is 5.86. The molecule has 1 amide bonds. The number of carboxylic acid groups (broad SMARTS) is 1. The summed E-state index contributed by atoms with van der Waals surface area (Å²) in [6, 6.07) is 0.228. The highest BCUT2D eigenvalue weighted by Crippen LogP contribution is 2.26. The van der Waals surface area contributed by atoms with Crippen LogP contribution in [-0.4, -0.2) is 23.0 Å². The lowest BCUT2D eigenvalue weighted by Crippen LogP contribution is -2.45. The average molecular weight is 241 g/mol. The second-order valence-electron chi connectivity index (χ2n) is 5.88. The van der Waals surface area contributed by atoms with Gasteiger partial charge in [0.1, 0.15) is 0 Å². The van der Waals surface area contributed by atoms with E-state index in [4.69, 9.17) is 5.11 Å². The van der Waals surface area contributed by atoms with Crippen LogP contribution in [0.2, 0.25) is 0 Å². The number of hydrogen-bond donors (Lipinski definition) is 2. The summed E-state index contributed by atoms with van der Waals surface area (Å²) in [5.41, 5.74) is -0.825. The molecule has 1 rings (SSSR count). The molecule has 0 spiro atoms. The van der Waals surface area contributed by atoms with Gasteiger partial charge in [0.2, 0.25) is 5.91 Å². The van der Waals surface area contributed by atoms with Crippen molar-refractivity contribution in [2.45, 2.75) is 58.9 Å². The largest absolute Gasteiger partial charge is 0.481 e. The van der Waals surface area contributed by atoms with Gasteiger partial charge in [0.25, 0.3) is 0 Å². The maximum Gasteiger partial charge on any atom is 0.304 e. The Morgan fingerprint density at radius 3 is 2.24 bits per heavy atom. The minimum Gasteiger partial charge on any atom is -0.481 e. The van der Waals surface area contributed by atoms with Crippen LogP contribution in [0.5, 0.6) is 0 Å². The Bertz CT molecular complexity index is 291. The second-order valence-corrected chi connectivity index (χ2v) is 5.88. The van der Waals surface area contributed by atoms with Crippen molar-refractivity contribution in [3.8, 4) is 0 Å². The van der Waals surface area contributed by atoms with Crippen LogP contribution in [0.15, 0.2) is 0 Å². The zero-order valence-corrected chi connectivity index (χ0v) is 11.0. The molecule has 4 heteroatoms. The van der Waals surface area contributed by atoms with E-state index in [2.05, 4.69) is 12.2 Å². The van der Waals surface area contributed by atoms with E-state index < -0.39 is 11.4 Å². The van der Waals surface area contributed by atoms with E-state index >= 15 is 0 Å². The molecule has 1 aliphatic rings. The molecule has 0 bridgehead atoms. The molecule has 0 heterocycles. The molecular formula is C13H23NO3. The summed E-state index contributed by atoms with van der Waals surface area (Å²) in [7, 11) is 0. The van der Waals surface area contributed by atoms with E-state index in [1.165, 1.54) is 0 Å². The van der Waals surface area contributed by atoms with Crippen LogP contribution in [0.25, 0.3) is 0 Å². The topological polar surface area (TPSA) is 66.4 Å². The summed E-state index contributed by atoms with van der Waals surface area (Å²) in [6.45, 7) is 5.59. The maximum atomic E-state index is 12.0. The van der Waals surface area contributed by atoms with Gasteiger partial charge in [-0.15, -0.1) is 0 Å². The van der Waals surface area contributed by atoms with Crippen LogP contribution >= 0.6 is 0 Å². The van der Waals surface area contributed by atoms with Gasteiger partial charge in [-0.3, -0.25) is 9.59 Å². The van der Waals surface area contributed by atoms with Crippen LogP contribution in [-0.2, 0) is 9.59 Å². The summed E-state index contributed by atoms with van der Waals surface area (Å²) in [5.74, 6) is -0.322. The first kappa shape index (κ1) is 14.0. The number of nitrogens with one attached hydrogen (secondary N) is 1. The van der Waals surface area contributed by atoms with Crippen molar-refractivity contribution >= 4 is 11.9 Å². The van der Waals surface area contributed by atoms with Gasteiger partial charge < -0.3 is 10.4 Å². The van der Waals surface area contributed by atoms with E-state index in [1.54, 1.807) is 13.8 Å². The first-order valence-electron chi connectivity index (χ1n) is 6.34. The fourth-order valence-electron chi connectivity index (χ4n) is 2.24. The number of amides is 1. The van der Waals surface area contributed by atoms with Crippen molar-refractivity contribution in [3.05, 3.63) is 0 Å². The molecule has 0 radical (unpaired) electrons. The van der Waals surface area contributed by atoms with E-state index in [0.29, 0.717) is 0 Å². The quantitative estimate of drug-likeness (QED) is 0.792. The first-order valence-corrected chi connectivity index (χ1v) is 6.34. The summed E-state index contributed by atoms with van der Waals surface area (Å²) < 4.78 is 0. The van der Waals surface area contributed by atoms with Gasteiger partial charge in [0.15, 0.2) is 0 Å². The number of carboxylic acids is 1. The van der Waals surface area contributed by atoms with Crippen molar-refractivity contribution in [2.75, 3.05) is 0 Å². The first-order chi connectivity index (χ1) is 7.81. The third kappa shape index (κ3) is 4.36. The fraction of sp³-hybridized carbons (Fsp3) is 0.846. The molecule has 0 aliphatic heterocycles. The zero-order chi connectivity index (χ0) is 13.1. The third-order valence-electron chi connectivity index (χ3n) is 3.56. The summed E-state index contributed by atoms with van der Waals surface area (Å²) in [4.78, 5) is 22.7. The molecule has 98 valence electrons. The summed E-state index contributed by atoms with van der Waals surface area (Å²) >= 11 is 0. The molecule has 0 saturated heterocycles. The van der Waals surface area contributed by atoms with Gasteiger partial charge in [-0.1, -0.05) is 20.8 Å². The van der Waals surface area contributed by atoms with Crippen molar-refractivity contribution in [3.63, 3.8) is 0 Å². The number of carbonyl (C=O) groups is 2. The SMILES string of the molecule is CC1CCC(NC(=O)C(C)(C)CC(=O)O)CC1. The monoisotopic (exact) mass is 241 g/mol. The summed E-state index contributed by atoms with van der Waals surface area (Å²) in [6.07, 6.45) is 4.18. The second kappa shape index (κ2) is 5.52. The van der Waals surface area contributed by atoms with Gasteiger partial charge in [-0.05, 0) is 31.6 Å². The van der Waals surface area contributed by atoms with Gasteiger partial charge in [-0.2, -0.15) is 0 Å². The average Bonchev–Trinajstić information content (AvgIpc) is 2.19. The van der Waals surface area contributed by atoms with Crippen molar-refractivity contribution in [1.29, 1.82) is 0 Å². The molecule has 17 heavy (non-hydrogen) atoms. The van der Waals surface area contributed by atoms with Crippen molar-refractivity contribution < 1.29 is 14.7 Å². The predicted octanol–water partition coefficient (Wildman–Crippen LogP) is 2.18. The van der Waals surface area contributed by atoms with E-state index in [0.717, 1.165) is 31.6 Å². The van der Waals surface area contributed by atoms with Crippen LogP contribution in [0.1, 0.15) is 52.9 Å². The molecule has 0 aromatic heterocycles. The number of rotatable bonds is 4. The lowest BCUT2D eigenvalue weighted by molar-refractivity contribution is -0.144. The van der Waals surface area contributed by atoms with Crippen molar-refractivity contribution in [1.82, 2.24) is 5.32 Å². The lowest BCUT2D eigenvalue weighted by Gasteiger charge is -2.30. The predicted molar refractivity (Wildman–Crippen MR) is 65.6 cm³/mol. The highest BCUT2D eigenvalue weighted by Gasteiger charge is 2.32.